The summed E-state index contributed by atoms with van der Waals surface area (Å²) in [6.45, 7) is 5.94. The van der Waals surface area contributed by atoms with Crippen LogP contribution in [0.3, 0.4) is 0 Å². The highest BCUT2D eigenvalue weighted by Crippen LogP contribution is 2.18. The second kappa shape index (κ2) is 7.22. The summed E-state index contributed by atoms with van der Waals surface area (Å²) in [6.07, 6.45) is 0.936. The number of hydrogen-bond acceptors (Lipinski definition) is 4. The van der Waals surface area contributed by atoms with Gasteiger partial charge in [0.25, 0.3) is 5.91 Å². The summed E-state index contributed by atoms with van der Waals surface area (Å²) in [5.41, 5.74) is 5.43. The number of thiophene rings is 1. The fourth-order valence-electron chi connectivity index (χ4n) is 2.11. The number of benzene rings is 1. The number of aryl methyl sites for hydroxylation is 2. The van der Waals surface area contributed by atoms with Crippen LogP contribution in [0.1, 0.15) is 39.5 Å². The molecule has 0 spiro atoms. The zero-order valence-corrected chi connectivity index (χ0v) is 14.1. The topological polar surface area (TPSA) is 50.7 Å². The van der Waals surface area contributed by atoms with E-state index in [0.717, 1.165) is 29.0 Å². The molecule has 5 heteroatoms. The summed E-state index contributed by atoms with van der Waals surface area (Å²) in [5.74, 6) is 0.638. The lowest BCUT2D eigenvalue weighted by Gasteiger charge is -2.08. The van der Waals surface area contributed by atoms with Gasteiger partial charge in [-0.1, -0.05) is 6.92 Å². The van der Waals surface area contributed by atoms with Gasteiger partial charge in [-0.15, -0.1) is 11.3 Å². The van der Waals surface area contributed by atoms with E-state index in [4.69, 9.17) is 4.74 Å². The van der Waals surface area contributed by atoms with E-state index in [-0.39, 0.29) is 5.91 Å². The number of methoxy groups -OCH3 is 1. The minimum absolute atomic E-state index is 0.171. The number of nitrogens with zero attached hydrogens (tertiary/aromatic N) is 1. The summed E-state index contributed by atoms with van der Waals surface area (Å²) in [6, 6.07) is 9.59. The van der Waals surface area contributed by atoms with Crippen molar-refractivity contribution in [3.63, 3.8) is 0 Å². The summed E-state index contributed by atoms with van der Waals surface area (Å²) >= 11 is 1.50. The monoisotopic (exact) mass is 316 g/mol. The Labute approximate surface area is 134 Å². The summed E-state index contributed by atoms with van der Waals surface area (Å²) in [5, 5.41) is 4.21. The third kappa shape index (κ3) is 3.74. The number of carbonyl (C=O) groups excluding carboxylic acids is 1. The molecular weight excluding hydrogens is 296 g/mol. The molecule has 1 aromatic heterocycles. The molecule has 1 aromatic carbocycles. The number of hydrazone groups is 1. The Morgan fingerprint density at radius 2 is 2.09 bits per heavy atom. The van der Waals surface area contributed by atoms with Gasteiger partial charge in [-0.3, -0.25) is 4.79 Å². The maximum atomic E-state index is 12.1. The van der Waals surface area contributed by atoms with Crippen LogP contribution in [0.5, 0.6) is 5.75 Å². The first-order valence-electron chi connectivity index (χ1n) is 7.13. The highest BCUT2D eigenvalue weighted by atomic mass is 32.1. The van der Waals surface area contributed by atoms with E-state index in [2.05, 4.69) is 17.5 Å². The summed E-state index contributed by atoms with van der Waals surface area (Å²) in [7, 11) is 1.64. The molecule has 2 aromatic rings. The fourth-order valence-corrected chi connectivity index (χ4v) is 2.95. The number of nitrogens with one attached hydrogen (secondary N) is 1. The molecule has 22 heavy (non-hydrogen) atoms. The third-order valence-electron chi connectivity index (χ3n) is 3.38. The van der Waals surface area contributed by atoms with Crippen molar-refractivity contribution in [3.8, 4) is 5.75 Å². The van der Waals surface area contributed by atoms with Crippen molar-refractivity contribution in [2.75, 3.05) is 7.11 Å². The Hall–Kier alpha value is -2.14. The van der Waals surface area contributed by atoms with Gasteiger partial charge in [0.15, 0.2) is 0 Å². The average Bonchev–Trinajstić information content (AvgIpc) is 3.01. The first kappa shape index (κ1) is 16.2. The average molecular weight is 316 g/mol. The minimum atomic E-state index is -0.171. The molecule has 1 N–H and O–H groups in total. The van der Waals surface area contributed by atoms with Crippen LogP contribution in [0.25, 0.3) is 0 Å². The number of rotatable bonds is 5. The fraction of sp³-hybridized carbons (Fsp3) is 0.294. The van der Waals surface area contributed by atoms with Gasteiger partial charge in [0, 0.05) is 10.4 Å². The van der Waals surface area contributed by atoms with E-state index < -0.39 is 0 Å². The molecule has 0 bridgehead atoms. The molecule has 1 heterocycles. The van der Waals surface area contributed by atoms with E-state index in [1.165, 1.54) is 16.2 Å². The predicted molar refractivity (Wildman–Crippen MR) is 91.1 cm³/mol. The van der Waals surface area contributed by atoms with Gasteiger partial charge in [-0.2, -0.15) is 5.10 Å². The normalized spacial score (nSPS) is 11.4. The van der Waals surface area contributed by atoms with E-state index >= 15 is 0 Å². The first-order valence-corrected chi connectivity index (χ1v) is 7.95. The van der Waals surface area contributed by atoms with Gasteiger partial charge in [0.05, 0.1) is 17.7 Å². The van der Waals surface area contributed by atoms with Crippen molar-refractivity contribution in [1.29, 1.82) is 0 Å². The lowest BCUT2D eigenvalue weighted by molar-refractivity contribution is 0.0959. The number of carbonyl (C=O) groups is 1. The molecule has 0 aliphatic heterocycles. The Morgan fingerprint density at radius 1 is 1.32 bits per heavy atom. The molecule has 0 radical (unpaired) electrons. The van der Waals surface area contributed by atoms with Crippen LogP contribution in [-0.2, 0) is 6.42 Å². The molecule has 0 fully saturated rings. The largest absolute Gasteiger partial charge is 0.497 e. The molecule has 1 amide bonds. The van der Waals surface area contributed by atoms with Crippen LogP contribution < -0.4 is 10.2 Å². The maximum Gasteiger partial charge on any atom is 0.281 e. The van der Waals surface area contributed by atoms with E-state index in [9.17, 15) is 4.79 Å². The predicted octanol–water partition coefficient (Wildman–Crippen LogP) is 3.78. The third-order valence-corrected chi connectivity index (χ3v) is 4.61. The Bertz CT molecular complexity index is 704. The molecule has 0 saturated heterocycles. The highest BCUT2D eigenvalue weighted by Gasteiger charge is 2.09. The zero-order valence-electron chi connectivity index (χ0n) is 13.3. The molecule has 0 unspecified atom stereocenters. The van der Waals surface area contributed by atoms with Gasteiger partial charge < -0.3 is 4.74 Å². The minimum Gasteiger partial charge on any atom is -0.497 e. The van der Waals surface area contributed by atoms with Crippen LogP contribution in [0.15, 0.2) is 35.4 Å². The smallest absolute Gasteiger partial charge is 0.281 e. The Kier molecular flexibility index (Phi) is 5.33. The summed E-state index contributed by atoms with van der Waals surface area (Å²) < 4.78 is 5.19. The van der Waals surface area contributed by atoms with E-state index in [1.807, 2.05) is 44.2 Å². The van der Waals surface area contributed by atoms with Crippen LogP contribution in [-0.4, -0.2) is 18.7 Å². The molecule has 116 valence electrons. The quantitative estimate of drug-likeness (QED) is 0.674. The second-order valence-electron chi connectivity index (χ2n) is 4.94. The number of ether oxygens (including phenoxy) is 1. The lowest BCUT2D eigenvalue weighted by Crippen LogP contribution is -2.18. The van der Waals surface area contributed by atoms with Crippen molar-refractivity contribution in [1.82, 2.24) is 5.43 Å². The lowest BCUT2D eigenvalue weighted by atomic mass is 10.1. The van der Waals surface area contributed by atoms with E-state index in [1.54, 1.807) is 7.11 Å². The van der Waals surface area contributed by atoms with Crippen molar-refractivity contribution in [3.05, 3.63) is 51.2 Å². The SMILES string of the molecule is CCc1ccc(C(=O)N/N=C(\C)c2ccc(OC)cc2C)s1. The van der Waals surface area contributed by atoms with Crippen molar-refractivity contribution in [2.45, 2.75) is 27.2 Å². The highest BCUT2D eigenvalue weighted by molar-refractivity contribution is 7.14. The van der Waals surface area contributed by atoms with Crippen LogP contribution in [0.2, 0.25) is 0 Å². The zero-order chi connectivity index (χ0) is 16.1. The number of hydrogen-bond donors (Lipinski definition) is 1. The number of amides is 1. The first-order chi connectivity index (χ1) is 10.5. The van der Waals surface area contributed by atoms with Crippen molar-refractivity contribution >= 4 is 23.0 Å². The Morgan fingerprint density at radius 3 is 2.68 bits per heavy atom. The Balaban J connectivity index is 2.10. The van der Waals surface area contributed by atoms with Gasteiger partial charge in [-0.25, -0.2) is 5.43 Å². The van der Waals surface area contributed by atoms with Crippen molar-refractivity contribution < 1.29 is 9.53 Å². The maximum absolute atomic E-state index is 12.1. The molecule has 0 aliphatic carbocycles. The molecular formula is C17H20N2O2S. The standard InChI is InChI=1S/C17H20N2O2S/c1-5-14-7-9-16(22-14)17(20)19-18-12(3)15-8-6-13(21-4)10-11(15)2/h6-10H,5H2,1-4H3,(H,19,20)/b18-12+. The van der Waals surface area contributed by atoms with Crippen LogP contribution in [0.4, 0.5) is 0 Å². The molecule has 0 saturated carbocycles. The van der Waals surface area contributed by atoms with Crippen LogP contribution >= 0.6 is 11.3 Å². The summed E-state index contributed by atoms with van der Waals surface area (Å²) in [4.78, 5) is 13.9. The van der Waals surface area contributed by atoms with Gasteiger partial charge >= 0.3 is 0 Å². The second-order valence-corrected chi connectivity index (χ2v) is 6.11. The van der Waals surface area contributed by atoms with Gasteiger partial charge in [-0.05, 0) is 56.2 Å². The molecule has 0 atom stereocenters. The van der Waals surface area contributed by atoms with Crippen LogP contribution in [0, 0.1) is 6.92 Å². The van der Waals surface area contributed by atoms with Gasteiger partial charge in [0.2, 0.25) is 0 Å². The molecule has 4 nitrogen and oxygen atoms in total. The van der Waals surface area contributed by atoms with Gasteiger partial charge in [0.1, 0.15) is 5.75 Å². The van der Waals surface area contributed by atoms with Crippen molar-refractivity contribution in [2.24, 2.45) is 5.10 Å². The molecule has 2 rings (SSSR count). The van der Waals surface area contributed by atoms with E-state index in [0.29, 0.717) is 4.88 Å². The molecule has 0 aliphatic rings.